The summed E-state index contributed by atoms with van der Waals surface area (Å²) in [4.78, 5) is 10.6. The quantitative estimate of drug-likeness (QED) is 0.793. The van der Waals surface area contributed by atoms with Gasteiger partial charge in [0.15, 0.2) is 0 Å². The molecule has 0 saturated carbocycles. The van der Waals surface area contributed by atoms with Crippen LogP contribution in [0.4, 0.5) is 0 Å². The lowest BCUT2D eigenvalue weighted by Crippen LogP contribution is -1.97. The molecule has 1 aromatic carbocycles. The molecule has 64 valence electrons. The molecular weight excluding hydrogens is 267 g/mol. The fourth-order valence-corrected chi connectivity index (χ4v) is 1.71. The number of benzene rings is 1. The number of aromatic carboxylic acids is 1. The minimum Gasteiger partial charge on any atom is -0.478 e. The van der Waals surface area contributed by atoms with Crippen molar-refractivity contribution in [3.8, 4) is 0 Å². The van der Waals surface area contributed by atoms with Crippen molar-refractivity contribution in [2.24, 2.45) is 0 Å². The van der Waals surface area contributed by atoms with Crippen LogP contribution in [-0.4, -0.2) is 11.1 Å². The Morgan fingerprint density at radius 1 is 1.42 bits per heavy atom. The van der Waals surface area contributed by atoms with Gasteiger partial charge in [0.2, 0.25) is 0 Å². The van der Waals surface area contributed by atoms with Gasteiger partial charge in [-0.15, -0.1) is 0 Å². The summed E-state index contributed by atoms with van der Waals surface area (Å²) in [5.74, 6) is -1.09. The normalized spacial score (nSPS) is 9.92. The molecule has 0 spiro atoms. The number of hydrogen-bond acceptors (Lipinski definition) is 1. The van der Waals surface area contributed by atoms with Gasteiger partial charge in [0.25, 0.3) is 0 Å². The molecule has 0 aromatic heterocycles. The average molecular weight is 270 g/mol. The van der Waals surface area contributed by atoms with Crippen molar-refractivity contribution < 1.29 is 9.90 Å². The Morgan fingerprint density at radius 3 is 2.50 bits per heavy atom. The first-order valence-electron chi connectivity index (χ1n) is 2.90. The van der Waals surface area contributed by atoms with E-state index in [0.717, 1.165) is 0 Å². The van der Waals surface area contributed by atoms with E-state index < -0.39 is 5.97 Å². The lowest BCUT2D eigenvalue weighted by molar-refractivity contribution is 0.0697. The highest BCUT2D eigenvalue weighted by Crippen LogP contribution is 2.29. The smallest absolute Gasteiger partial charge is 0.337 e. The van der Waals surface area contributed by atoms with E-state index in [1.54, 1.807) is 0 Å². The van der Waals surface area contributed by atoms with Gasteiger partial charge in [-0.1, -0.05) is 23.2 Å². The summed E-state index contributed by atoms with van der Waals surface area (Å²) in [5.41, 5.74) is -0.00367. The number of rotatable bonds is 1. The third kappa shape index (κ3) is 1.91. The van der Waals surface area contributed by atoms with Crippen LogP contribution in [0.2, 0.25) is 10.0 Å². The van der Waals surface area contributed by atoms with Crippen molar-refractivity contribution in [1.82, 2.24) is 0 Å². The monoisotopic (exact) mass is 268 g/mol. The van der Waals surface area contributed by atoms with Crippen molar-refractivity contribution >= 4 is 45.1 Å². The van der Waals surface area contributed by atoms with Crippen LogP contribution in [0.3, 0.4) is 0 Å². The van der Waals surface area contributed by atoms with Crippen LogP contribution in [0.25, 0.3) is 0 Å². The molecule has 0 amide bonds. The molecular formula is C7H3BrCl2O2. The van der Waals surface area contributed by atoms with Crippen molar-refractivity contribution in [3.63, 3.8) is 0 Å². The third-order valence-corrected chi connectivity index (χ3v) is 2.70. The second-order valence-electron chi connectivity index (χ2n) is 2.05. The summed E-state index contributed by atoms with van der Waals surface area (Å²) in [6.45, 7) is 0. The van der Waals surface area contributed by atoms with Crippen LogP contribution in [-0.2, 0) is 0 Å². The Balaban J connectivity index is 3.37. The molecule has 0 radical (unpaired) electrons. The zero-order chi connectivity index (χ0) is 9.30. The maximum Gasteiger partial charge on any atom is 0.337 e. The van der Waals surface area contributed by atoms with E-state index in [0.29, 0.717) is 9.50 Å². The van der Waals surface area contributed by atoms with Gasteiger partial charge in [-0.2, -0.15) is 0 Å². The van der Waals surface area contributed by atoms with Crippen LogP contribution in [0.15, 0.2) is 16.6 Å². The number of carboxylic acids is 1. The summed E-state index contributed by atoms with van der Waals surface area (Å²) in [7, 11) is 0. The van der Waals surface area contributed by atoms with Crippen LogP contribution >= 0.6 is 39.1 Å². The highest BCUT2D eigenvalue weighted by Gasteiger charge is 2.12. The van der Waals surface area contributed by atoms with E-state index in [2.05, 4.69) is 15.9 Å². The van der Waals surface area contributed by atoms with Crippen molar-refractivity contribution in [3.05, 3.63) is 32.2 Å². The molecule has 0 aliphatic carbocycles. The molecule has 1 rings (SSSR count). The number of hydrogen-bond donors (Lipinski definition) is 1. The SMILES string of the molecule is O=C(O)c1cc(Cl)cc(Br)c1Cl. The fourth-order valence-electron chi connectivity index (χ4n) is 0.712. The lowest BCUT2D eigenvalue weighted by atomic mass is 10.2. The topological polar surface area (TPSA) is 37.3 Å². The summed E-state index contributed by atoms with van der Waals surface area (Å²) in [5, 5.41) is 9.15. The second kappa shape index (κ2) is 3.64. The van der Waals surface area contributed by atoms with Gasteiger partial charge in [-0.05, 0) is 28.1 Å². The molecule has 1 aromatic rings. The molecule has 0 bridgehead atoms. The maximum atomic E-state index is 10.6. The molecule has 5 heteroatoms. The minimum absolute atomic E-state index is 0.00367. The van der Waals surface area contributed by atoms with Crippen LogP contribution in [0, 0.1) is 0 Å². The van der Waals surface area contributed by atoms with E-state index in [4.69, 9.17) is 28.3 Å². The van der Waals surface area contributed by atoms with Gasteiger partial charge in [0.1, 0.15) is 0 Å². The largest absolute Gasteiger partial charge is 0.478 e. The number of halogens is 3. The van der Waals surface area contributed by atoms with Crippen molar-refractivity contribution in [1.29, 1.82) is 0 Å². The van der Waals surface area contributed by atoms with Gasteiger partial charge in [0, 0.05) is 9.50 Å². The molecule has 0 atom stereocenters. The molecule has 1 N–H and O–H groups in total. The first-order chi connectivity index (χ1) is 5.52. The highest BCUT2D eigenvalue weighted by molar-refractivity contribution is 9.10. The van der Waals surface area contributed by atoms with Gasteiger partial charge in [0.05, 0.1) is 10.6 Å². The first kappa shape index (κ1) is 9.84. The molecule has 0 fully saturated rings. The second-order valence-corrected chi connectivity index (χ2v) is 3.72. The predicted octanol–water partition coefficient (Wildman–Crippen LogP) is 3.45. The lowest BCUT2D eigenvalue weighted by Gasteiger charge is -2.01. The molecule has 12 heavy (non-hydrogen) atoms. The Bertz CT molecular complexity index is 338. The molecule has 0 heterocycles. The van der Waals surface area contributed by atoms with E-state index in [9.17, 15) is 4.79 Å². The fraction of sp³-hybridized carbons (Fsp3) is 0. The van der Waals surface area contributed by atoms with E-state index in [1.165, 1.54) is 12.1 Å². The third-order valence-electron chi connectivity index (χ3n) is 1.22. The number of carboxylic acid groups (broad SMARTS) is 1. The Hall–Kier alpha value is -0.250. The van der Waals surface area contributed by atoms with E-state index in [1.807, 2.05) is 0 Å². The molecule has 2 nitrogen and oxygen atoms in total. The van der Waals surface area contributed by atoms with Gasteiger partial charge >= 0.3 is 5.97 Å². The van der Waals surface area contributed by atoms with E-state index in [-0.39, 0.29) is 10.6 Å². The minimum atomic E-state index is -1.09. The Labute approximate surface area is 87.2 Å². The van der Waals surface area contributed by atoms with Crippen molar-refractivity contribution in [2.75, 3.05) is 0 Å². The van der Waals surface area contributed by atoms with Crippen molar-refractivity contribution in [2.45, 2.75) is 0 Å². The molecule has 0 saturated heterocycles. The van der Waals surface area contributed by atoms with E-state index >= 15 is 0 Å². The number of carbonyl (C=O) groups is 1. The standard InChI is InChI=1S/C7H3BrCl2O2/c8-5-2-3(9)1-4(6(5)10)7(11)12/h1-2H,(H,11,12). The highest BCUT2D eigenvalue weighted by atomic mass is 79.9. The zero-order valence-electron chi connectivity index (χ0n) is 5.64. The Kier molecular flexibility index (Phi) is 2.99. The average Bonchev–Trinajstić information content (AvgIpc) is 1.96. The predicted molar refractivity (Wildman–Crippen MR) is 51.1 cm³/mol. The van der Waals surface area contributed by atoms with Crippen LogP contribution in [0.5, 0.6) is 0 Å². The van der Waals surface area contributed by atoms with Crippen LogP contribution in [0.1, 0.15) is 10.4 Å². The van der Waals surface area contributed by atoms with Crippen LogP contribution < -0.4 is 0 Å². The summed E-state index contributed by atoms with van der Waals surface area (Å²) >= 11 is 14.4. The molecule has 0 unspecified atom stereocenters. The molecule has 0 aliphatic rings. The van der Waals surface area contributed by atoms with Gasteiger partial charge in [-0.3, -0.25) is 0 Å². The summed E-state index contributed by atoms with van der Waals surface area (Å²) in [6, 6.07) is 2.84. The maximum absolute atomic E-state index is 10.6. The first-order valence-corrected chi connectivity index (χ1v) is 4.45. The zero-order valence-corrected chi connectivity index (χ0v) is 8.74. The van der Waals surface area contributed by atoms with Gasteiger partial charge < -0.3 is 5.11 Å². The molecule has 0 aliphatic heterocycles. The Morgan fingerprint density at radius 2 is 2.00 bits per heavy atom. The summed E-state index contributed by atoms with van der Waals surface area (Å²) in [6.07, 6.45) is 0. The summed E-state index contributed by atoms with van der Waals surface area (Å²) < 4.78 is 0.481. The van der Waals surface area contributed by atoms with Gasteiger partial charge in [-0.25, -0.2) is 4.79 Å².